The first-order chi connectivity index (χ1) is 7.79. The molecule has 0 saturated heterocycles. The van der Waals surface area contributed by atoms with E-state index in [1.807, 2.05) is 0 Å². The number of fused-ring (bicyclic) bond motifs is 1. The van der Waals surface area contributed by atoms with Gasteiger partial charge in [0.25, 0.3) is 0 Å². The highest BCUT2D eigenvalue weighted by Gasteiger charge is 2.48. The zero-order valence-corrected chi connectivity index (χ0v) is 9.83. The molecular formula is C11H10FNO3S. The number of aliphatic hydroxyl groups is 1. The summed E-state index contributed by atoms with van der Waals surface area (Å²) in [7, 11) is -3.56. The second-order valence-electron chi connectivity index (χ2n) is 4.15. The molecule has 0 saturated carbocycles. The number of rotatable bonds is 1. The van der Waals surface area contributed by atoms with E-state index in [4.69, 9.17) is 5.26 Å². The van der Waals surface area contributed by atoms with Crippen LogP contribution in [0.2, 0.25) is 0 Å². The summed E-state index contributed by atoms with van der Waals surface area (Å²) in [6.45, 7) is 0. The predicted octanol–water partition coefficient (Wildman–Crippen LogP) is 0.911. The smallest absolute Gasteiger partial charge is 0.229 e. The molecule has 1 aromatic carbocycles. The van der Waals surface area contributed by atoms with Crippen molar-refractivity contribution in [2.75, 3.05) is 6.26 Å². The summed E-state index contributed by atoms with van der Waals surface area (Å²) in [4.78, 5) is -0.114. The van der Waals surface area contributed by atoms with E-state index in [0.29, 0.717) is 5.56 Å². The Hall–Kier alpha value is -1.45. The Morgan fingerprint density at radius 3 is 2.76 bits per heavy atom. The molecule has 0 fully saturated rings. The third kappa shape index (κ3) is 1.72. The largest absolute Gasteiger partial charge is 0.384 e. The summed E-state index contributed by atoms with van der Waals surface area (Å²) in [5.41, 5.74) is -2.06. The van der Waals surface area contributed by atoms with Crippen LogP contribution in [0.4, 0.5) is 4.39 Å². The molecule has 0 radical (unpaired) electrons. The van der Waals surface area contributed by atoms with E-state index in [0.717, 1.165) is 6.26 Å². The van der Waals surface area contributed by atoms with E-state index in [2.05, 4.69) is 0 Å². The summed E-state index contributed by atoms with van der Waals surface area (Å²) in [6.07, 6.45) is -1.02. The van der Waals surface area contributed by atoms with Crippen LogP contribution in [-0.4, -0.2) is 25.4 Å². The van der Waals surface area contributed by atoms with Crippen LogP contribution in [-0.2, 0) is 16.3 Å². The van der Waals surface area contributed by atoms with Gasteiger partial charge in [0.15, 0.2) is 9.84 Å². The van der Waals surface area contributed by atoms with Gasteiger partial charge in [-0.05, 0) is 11.6 Å². The fraction of sp³-hybridized carbons (Fsp3) is 0.364. The topological polar surface area (TPSA) is 78.2 Å². The molecule has 90 valence electrons. The van der Waals surface area contributed by atoms with Crippen molar-refractivity contribution in [1.82, 2.24) is 0 Å². The van der Waals surface area contributed by atoms with Crippen LogP contribution >= 0.6 is 0 Å². The van der Waals surface area contributed by atoms with Gasteiger partial charge >= 0.3 is 0 Å². The molecule has 0 bridgehead atoms. The summed E-state index contributed by atoms with van der Waals surface area (Å²) >= 11 is 0. The van der Waals surface area contributed by atoms with Crippen LogP contribution < -0.4 is 0 Å². The average molecular weight is 255 g/mol. The van der Waals surface area contributed by atoms with Gasteiger partial charge in [-0.1, -0.05) is 12.1 Å². The van der Waals surface area contributed by atoms with Crippen molar-refractivity contribution in [3.63, 3.8) is 0 Å². The van der Waals surface area contributed by atoms with Crippen molar-refractivity contribution in [1.29, 1.82) is 5.26 Å². The summed E-state index contributed by atoms with van der Waals surface area (Å²) in [5.74, 6) is 0. The number of sulfone groups is 1. The average Bonchev–Trinajstić information content (AvgIpc) is 2.51. The number of hydrogen-bond acceptors (Lipinski definition) is 4. The molecule has 4 nitrogen and oxygen atoms in total. The first-order valence-electron chi connectivity index (χ1n) is 4.89. The summed E-state index contributed by atoms with van der Waals surface area (Å²) in [5, 5.41) is 18.5. The molecule has 0 amide bonds. The number of hydrogen-bond donors (Lipinski definition) is 1. The van der Waals surface area contributed by atoms with Gasteiger partial charge in [-0.2, -0.15) is 5.26 Å². The number of nitriles is 1. The number of aliphatic hydroxyl groups excluding tert-OH is 1. The Labute approximate surface area is 98.2 Å². The van der Waals surface area contributed by atoms with E-state index in [-0.39, 0.29) is 16.9 Å². The highest BCUT2D eigenvalue weighted by atomic mass is 32.2. The van der Waals surface area contributed by atoms with Gasteiger partial charge in [0.2, 0.25) is 5.67 Å². The maximum atomic E-state index is 14.0. The number of halogens is 1. The quantitative estimate of drug-likeness (QED) is 0.809. The van der Waals surface area contributed by atoms with Crippen molar-refractivity contribution < 1.29 is 17.9 Å². The lowest BCUT2D eigenvalue weighted by molar-refractivity contribution is 0.0433. The lowest BCUT2D eigenvalue weighted by Gasteiger charge is -2.15. The lowest BCUT2D eigenvalue weighted by Crippen LogP contribution is -2.26. The molecule has 17 heavy (non-hydrogen) atoms. The second kappa shape index (κ2) is 3.52. The maximum Gasteiger partial charge on any atom is 0.229 e. The van der Waals surface area contributed by atoms with Gasteiger partial charge in [-0.3, -0.25) is 0 Å². The molecule has 0 heterocycles. The maximum absolute atomic E-state index is 14.0. The van der Waals surface area contributed by atoms with Crippen molar-refractivity contribution in [3.05, 3.63) is 29.3 Å². The summed E-state index contributed by atoms with van der Waals surface area (Å²) < 4.78 is 37.0. The van der Waals surface area contributed by atoms with Crippen LogP contribution in [0.25, 0.3) is 0 Å². The minimum atomic E-state index is -3.56. The molecule has 6 heteroatoms. The normalized spacial score (nSPS) is 27.5. The van der Waals surface area contributed by atoms with Crippen LogP contribution in [0.3, 0.4) is 0 Å². The fourth-order valence-electron chi connectivity index (χ4n) is 2.08. The zero-order valence-electron chi connectivity index (χ0n) is 9.01. The van der Waals surface area contributed by atoms with Crippen molar-refractivity contribution in [2.45, 2.75) is 23.1 Å². The molecule has 1 aliphatic carbocycles. The molecule has 1 N–H and O–H groups in total. The SMILES string of the molecule is CS(=O)(=O)c1cccc2c1[C@H](O)[C@](F)(C#N)C2. The van der Waals surface area contributed by atoms with E-state index < -0.39 is 21.6 Å². The minimum Gasteiger partial charge on any atom is -0.384 e. The Balaban J connectivity index is 2.71. The third-order valence-electron chi connectivity index (χ3n) is 2.90. The predicted molar refractivity (Wildman–Crippen MR) is 57.7 cm³/mol. The minimum absolute atomic E-state index is 0.0130. The van der Waals surface area contributed by atoms with Gasteiger partial charge < -0.3 is 5.11 Å². The van der Waals surface area contributed by atoms with Crippen molar-refractivity contribution in [3.8, 4) is 6.07 Å². The van der Waals surface area contributed by atoms with E-state index >= 15 is 0 Å². The molecule has 1 aromatic rings. The Bertz CT molecular complexity index is 620. The molecular weight excluding hydrogens is 245 g/mol. The fourth-order valence-corrected chi connectivity index (χ4v) is 3.05. The van der Waals surface area contributed by atoms with E-state index in [9.17, 15) is 17.9 Å². The van der Waals surface area contributed by atoms with Gasteiger partial charge in [0.05, 0.1) is 4.90 Å². The van der Waals surface area contributed by atoms with Crippen LogP contribution in [0.5, 0.6) is 0 Å². The first-order valence-corrected chi connectivity index (χ1v) is 6.79. The Kier molecular flexibility index (Phi) is 2.49. The molecule has 2 rings (SSSR count). The number of alkyl halides is 1. The molecule has 2 atom stereocenters. The van der Waals surface area contributed by atoms with Crippen molar-refractivity contribution >= 4 is 9.84 Å². The molecule has 0 aromatic heterocycles. The van der Waals surface area contributed by atoms with Gasteiger partial charge in [-0.25, -0.2) is 12.8 Å². The molecule has 1 aliphatic rings. The Morgan fingerprint density at radius 1 is 1.59 bits per heavy atom. The molecule has 0 spiro atoms. The summed E-state index contributed by atoms with van der Waals surface area (Å²) in [6, 6.07) is 5.71. The number of benzene rings is 1. The molecule has 0 aliphatic heterocycles. The standard InChI is InChI=1S/C11H10FNO3S/c1-17(15,16)8-4-2-3-7-5-11(12,6-13)10(14)9(7)8/h2-4,10,14H,5H2,1H3/t10-,11+/m0/s1. The lowest BCUT2D eigenvalue weighted by atomic mass is 10.0. The highest BCUT2D eigenvalue weighted by Crippen LogP contribution is 2.44. The zero-order chi connectivity index (χ0) is 12.8. The second-order valence-corrected chi connectivity index (χ2v) is 6.14. The Morgan fingerprint density at radius 2 is 2.24 bits per heavy atom. The third-order valence-corrected chi connectivity index (χ3v) is 4.05. The first kappa shape index (κ1) is 12.0. The van der Waals surface area contributed by atoms with Gasteiger partial charge in [0.1, 0.15) is 12.2 Å². The van der Waals surface area contributed by atoms with Crippen LogP contribution in [0.15, 0.2) is 23.1 Å². The highest BCUT2D eigenvalue weighted by molar-refractivity contribution is 7.90. The molecule has 0 unspecified atom stereocenters. The van der Waals surface area contributed by atoms with Gasteiger partial charge in [0, 0.05) is 18.2 Å². The van der Waals surface area contributed by atoms with Crippen LogP contribution in [0, 0.1) is 11.3 Å². The van der Waals surface area contributed by atoms with Crippen LogP contribution in [0.1, 0.15) is 17.2 Å². The van der Waals surface area contributed by atoms with Crippen molar-refractivity contribution in [2.24, 2.45) is 0 Å². The van der Waals surface area contributed by atoms with E-state index in [1.54, 1.807) is 0 Å². The van der Waals surface area contributed by atoms with E-state index in [1.165, 1.54) is 24.3 Å². The number of nitrogens with zero attached hydrogens (tertiary/aromatic N) is 1. The van der Waals surface area contributed by atoms with Gasteiger partial charge in [-0.15, -0.1) is 0 Å². The monoisotopic (exact) mass is 255 g/mol.